The van der Waals surface area contributed by atoms with Crippen molar-refractivity contribution in [2.24, 2.45) is 0 Å². The lowest BCUT2D eigenvalue weighted by molar-refractivity contribution is 0.350. The maximum Gasteiger partial charge on any atom is 0.104 e. The van der Waals surface area contributed by atoms with E-state index in [0.29, 0.717) is 5.92 Å². The van der Waals surface area contributed by atoms with Crippen molar-refractivity contribution < 1.29 is 5.11 Å². The van der Waals surface area contributed by atoms with Crippen molar-refractivity contribution in [2.75, 3.05) is 6.61 Å². The Labute approximate surface area is 129 Å². The molecule has 3 heteroatoms. The molecule has 0 radical (unpaired) electrons. The molecule has 104 valence electrons. The summed E-state index contributed by atoms with van der Waals surface area (Å²) in [7, 11) is 0. The lowest BCUT2D eigenvalue weighted by Gasteiger charge is -2.06. The van der Waals surface area contributed by atoms with Gasteiger partial charge in [0.15, 0.2) is 0 Å². The molecular formula is C17H18OS2. The topological polar surface area (TPSA) is 20.2 Å². The summed E-state index contributed by atoms with van der Waals surface area (Å²) in [6.45, 7) is 4.34. The first-order valence-corrected chi connectivity index (χ1v) is 8.45. The molecule has 1 heterocycles. The molecule has 0 saturated carbocycles. The van der Waals surface area contributed by atoms with Gasteiger partial charge in [-0.1, -0.05) is 37.8 Å². The Balaban J connectivity index is 1.93. The van der Waals surface area contributed by atoms with Gasteiger partial charge in [-0.3, -0.25) is 0 Å². The molecule has 0 amide bonds. The van der Waals surface area contributed by atoms with Gasteiger partial charge in [0.05, 0.1) is 0 Å². The first-order valence-electron chi connectivity index (χ1n) is 6.59. The van der Waals surface area contributed by atoms with Crippen molar-refractivity contribution in [1.29, 1.82) is 0 Å². The van der Waals surface area contributed by atoms with Crippen LogP contribution >= 0.6 is 23.1 Å². The fraction of sp³-hybridized carbons (Fsp3) is 0.294. The molecular weight excluding hydrogens is 284 g/mol. The van der Waals surface area contributed by atoms with Crippen molar-refractivity contribution in [1.82, 2.24) is 0 Å². The minimum atomic E-state index is -0.0812. The minimum absolute atomic E-state index is 0.0812. The number of thiophene rings is 1. The van der Waals surface area contributed by atoms with Gasteiger partial charge in [-0.15, -0.1) is 23.1 Å². The van der Waals surface area contributed by atoms with E-state index in [9.17, 15) is 0 Å². The lowest BCUT2D eigenvalue weighted by Crippen LogP contribution is -1.85. The predicted octanol–water partition coefficient (Wildman–Crippen LogP) is 4.51. The summed E-state index contributed by atoms with van der Waals surface area (Å²) in [6, 6.07) is 10.9. The van der Waals surface area contributed by atoms with Gasteiger partial charge in [0.2, 0.25) is 0 Å². The van der Waals surface area contributed by atoms with E-state index < -0.39 is 0 Å². The van der Waals surface area contributed by atoms with Crippen LogP contribution in [0.1, 0.15) is 35.8 Å². The van der Waals surface area contributed by atoms with Gasteiger partial charge in [-0.05, 0) is 29.7 Å². The van der Waals surface area contributed by atoms with E-state index in [1.54, 1.807) is 11.3 Å². The quantitative estimate of drug-likeness (QED) is 0.662. The first kappa shape index (κ1) is 15.2. The van der Waals surface area contributed by atoms with E-state index in [2.05, 4.69) is 56.0 Å². The van der Waals surface area contributed by atoms with Crippen molar-refractivity contribution in [3.63, 3.8) is 0 Å². The molecule has 0 atom stereocenters. The summed E-state index contributed by atoms with van der Waals surface area (Å²) in [5.41, 5.74) is 2.38. The summed E-state index contributed by atoms with van der Waals surface area (Å²) >= 11 is 3.57. The van der Waals surface area contributed by atoms with Gasteiger partial charge in [0, 0.05) is 26.5 Å². The molecule has 0 spiro atoms. The van der Waals surface area contributed by atoms with Crippen LogP contribution in [0.2, 0.25) is 0 Å². The highest BCUT2D eigenvalue weighted by atomic mass is 32.2. The number of hydrogen-bond donors (Lipinski definition) is 1. The Morgan fingerprint density at radius 3 is 2.65 bits per heavy atom. The molecule has 2 aromatic rings. The Hall–Kier alpha value is -1.21. The van der Waals surface area contributed by atoms with Gasteiger partial charge in [0.25, 0.3) is 0 Å². The number of aliphatic hydroxyl groups is 1. The summed E-state index contributed by atoms with van der Waals surface area (Å²) in [6.07, 6.45) is 0. The highest BCUT2D eigenvalue weighted by Crippen LogP contribution is 2.27. The lowest BCUT2D eigenvalue weighted by atomic mass is 10.0. The van der Waals surface area contributed by atoms with Gasteiger partial charge in [-0.25, -0.2) is 0 Å². The van der Waals surface area contributed by atoms with E-state index in [4.69, 9.17) is 5.11 Å². The highest BCUT2D eigenvalue weighted by Gasteiger charge is 2.02. The maximum absolute atomic E-state index is 8.67. The third kappa shape index (κ3) is 4.42. The zero-order valence-corrected chi connectivity index (χ0v) is 13.4. The van der Waals surface area contributed by atoms with Gasteiger partial charge in [-0.2, -0.15) is 0 Å². The van der Waals surface area contributed by atoms with Crippen molar-refractivity contribution in [3.05, 3.63) is 51.7 Å². The highest BCUT2D eigenvalue weighted by molar-refractivity contribution is 7.98. The van der Waals surface area contributed by atoms with Crippen LogP contribution in [0.25, 0.3) is 0 Å². The third-order valence-corrected chi connectivity index (χ3v) is 5.07. The Morgan fingerprint density at radius 1 is 1.25 bits per heavy atom. The normalized spacial score (nSPS) is 10.4. The Morgan fingerprint density at radius 2 is 2.00 bits per heavy atom. The Bertz CT molecular complexity index is 600. The van der Waals surface area contributed by atoms with Crippen molar-refractivity contribution in [3.8, 4) is 11.8 Å². The largest absolute Gasteiger partial charge is 0.384 e. The Kier molecular flexibility index (Phi) is 5.72. The van der Waals surface area contributed by atoms with Crippen LogP contribution in [-0.4, -0.2) is 11.7 Å². The molecule has 0 aliphatic rings. The zero-order chi connectivity index (χ0) is 14.4. The predicted molar refractivity (Wildman–Crippen MR) is 88.4 cm³/mol. The average Bonchev–Trinajstić information content (AvgIpc) is 2.91. The maximum atomic E-state index is 8.67. The third-order valence-electron chi connectivity index (χ3n) is 2.89. The van der Waals surface area contributed by atoms with Crippen LogP contribution in [0.3, 0.4) is 0 Å². The van der Waals surface area contributed by atoms with E-state index in [1.165, 1.54) is 15.3 Å². The summed E-state index contributed by atoms with van der Waals surface area (Å²) in [5.74, 6) is 7.16. The van der Waals surface area contributed by atoms with Crippen LogP contribution in [0.5, 0.6) is 0 Å². The number of rotatable bonds is 4. The van der Waals surface area contributed by atoms with Crippen LogP contribution in [0.15, 0.2) is 40.6 Å². The fourth-order valence-electron chi connectivity index (χ4n) is 1.77. The van der Waals surface area contributed by atoms with Gasteiger partial charge >= 0.3 is 0 Å². The molecule has 0 aliphatic heterocycles. The summed E-state index contributed by atoms with van der Waals surface area (Å²) < 4.78 is 0. The van der Waals surface area contributed by atoms with Crippen LogP contribution in [0, 0.1) is 11.8 Å². The molecule has 1 nitrogen and oxygen atoms in total. The number of hydrogen-bond acceptors (Lipinski definition) is 3. The smallest absolute Gasteiger partial charge is 0.104 e. The molecule has 1 aromatic heterocycles. The minimum Gasteiger partial charge on any atom is -0.384 e. The summed E-state index contributed by atoms with van der Waals surface area (Å²) in [5, 5.41) is 10.7. The van der Waals surface area contributed by atoms with E-state index in [0.717, 1.165) is 11.3 Å². The zero-order valence-electron chi connectivity index (χ0n) is 11.7. The molecule has 0 saturated heterocycles. The van der Waals surface area contributed by atoms with Crippen LogP contribution in [0.4, 0.5) is 0 Å². The first-order chi connectivity index (χ1) is 9.69. The number of thioether (sulfide) groups is 1. The summed E-state index contributed by atoms with van der Waals surface area (Å²) in [4.78, 5) is 2.61. The standard InChI is InChI=1S/C17H18OS2/c1-13(2)15-5-7-16(8-6-15)20-12-17-10-14(11-19-17)4-3-9-18/h5-8,10-11,13,18H,9,12H2,1-2H3. The second-order valence-corrected chi connectivity index (χ2v) is 6.82. The monoisotopic (exact) mass is 302 g/mol. The number of aliphatic hydroxyl groups excluding tert-OH is 1. The van der Waals surface area contributed by atoms with Crippen LogP contribution < -0.4 is 0 Å². The molecule has 1 aromatic carbocycles. The van der Waals surface area contributed by atoms with Crippen molar-refractivity contribution in [2.45, 2.75) is 30.4 Å². The average molecular weight is 302 g/mol. The molecule has 1 N–H and O–H groups in total. The van der Waals surface area contributed by atoms with Gasteiger partial charge < -0.3 is 5.11 Å². The molecule has 0 unspecified atom stereocenters. The SMILES string of the molecule is CC(C)c1ccc(SCc2cc(C#CCO)cs2)cc1. The molecule has 2 rings (SSSR count). The fourth-order valence-corrected chi connectivity index (χ4v) is 3.54. The second kappa shape index (κ2) is 7.54. The van der Waals surface area contributed by atoms with E-state index in [-0.39, 0.29) is 6.61 Å². The second-order valence-electron chi connectivity index (χ2n) is 4.77. The van der Waals surface area contributed by atoms with Crippen LogP contribution in [-0.2, 0) is 5.75 Å². The molecule has 20 heavy (non-hydrogen) atoms. The van der Waals surface area contributed by atoms with Crippen molar-refractivity contribution >= 4 is 23.1 Å². The molecule has 0 aliphatic carbocycles. The molecule has 0 fully saturated rings. The van der Waals surface area contributed by atoms with E-state index >= 15 is 0 Å². The number of benzene rings is 1. The van der Waals surface area contributed by atoms with Gasteiger partial charge in [0.1, 0.15) is 6.61 Å². The van der Waals surface area contributed by atoms with E-state index in [1.807, 2.05) is 17.1 Å². The molecule has 0 bridgehead atoms.